The molecule has 2 amide bonds. The van der Waals surface area contributed by atoms with Crippen LogP contribution in [0.25, 0.3) is 0 Å². The second-order valence-corrected chi connectivity index (χ2v) is 7.44. The molecular formula is C18H30N2O4. The molecule has 0 aromatic carbocycles. The van der Waals surface area contributed by atoms with Gasteiger partial charge in [-0.2, -0.15) is 0 Å². The summed E-state index contributed by atoms with van der Waals surface area (Å²) >= 11 is 0. The lowest BCUT2D eigenvalue weighted by Crippen LogP contribution is -2.68. The molecular weight excluding hydrogens is 308 g/mol. The number of nitrogens with one attached hydrogen (secondary N) is 2. The summed E-state index contributed by atoms with van der Waals surface area (Å²) in [7, 11) is 0. The number of hydrogen-bond acceptors (Lipinski definition) is 4. The van der Waals surface area contributed by atoms with Crippen molar-refractivity contribution in [3.05, 3.63) is 12.7 Å². The first kappa shape index (κ1) is 20.2. The van der Waals surface area contributed by atoms with Crippen LogP contribution in [-0.2, 0) is 19.1 Å². The van der Waals surface area contributed by atoms with E-state index in [0.717, 1.165) is 6.42 Å². The minimum atomic E-state index is -1.32. The number of allylic oxidation sites excluding steroid dienone is 1. The maximum atomic E-state index is 13.1. The summed E-state index contributed by atoms with van der Waals surface area (Å²) in [6.07, 6.45) is 3.31. The average molecular weight is 338 g/mol. The number of ether oxygens (including phenoxy) is 1. The maximum Gasteiger partial charge on any atom is 0.311 e. The van der Waals surface area contributed by atoms with Gasteiger partial charge in [0.2, 0.25) is 11.8 Å². The van der Waals surface area contributed by atoms with Crippen LogP contribution in [0.4, 0.5) is 0 Å². The Labute approximate surface area is 144 Å². The molecule has 0 heterocycles. The Morgan fingerprint density at radius 2 is 1.92 bits per heavy atom. The molecule has 0 aromatic heterocycles. The normalized spacial score (nSPS) is 27.0. The molecule has 136 valence electrons. The SMILES string of the molecule is C=C[C@@H]1CC[C@@H](C(=O)OCC)[C@@](NC(C)=O)(C(=O)NC(C)(C)C)C1. The van der Waals surface area contributed by atoms with Gasteiger partial charge in [0.1, 0.15) is 5.54 Å². The van der Waals surface area contributed by atoms with Crippen LogP contribution in [0.3, 0.4) is 0 Å². The van der Waals surface area contributed by atoms with E-state index in [2.05, 4.69) is 17.2 Å². The van der Waals surface area contributed by atoms with E-state index in [4.69, 9.17) is 4.74 Å². The first-order valence-corrected chi connectivity index (χ1v) is 8.46. The summed E-state index contributed by atoms with van der Waals surface area (Å²) in [5.41, 5.74) is -1.80. The monoisotopic (exact) mass is 338 g/mol. The second kappa shape index (κ2) is 7.81. The number of rotatable bonds is 5. The maximum absolute atomic E-state index is 13.1. The molecule has 3 atom stereocenters. The van der Waals surface area contributed by atoms with Gasteiger partial charge in [0.25, 0.3) is 0 Å². The number of carbonyl (C=O) groups excluding carboxylic acids is 3. The molecule has 24 heavy (non-hydrogen) atoms. The lowest BCUT2D eigenvalue weighted by Gasteiger charge is -2.45. The minimum Gasteiger partial charge on any atom is -0.466 e. The van der Waals surface area contributed by atoms with Crippen molar-refractivity contribution in [2.45, 2.75) is 65.0 Å². The van der Waals surface area contributed by atoms with E-state index in [9.17, 15) is 14.4 Å². The van der Waals surface area contributed by atoms with Crippen molar-refractivity contribution in [1.82, 2.24) is 10.6 Å². The lowest BCUT2D eigenvalue weighted by atomic mass is 9.67. The number of amides is 2. The van der Waals surface area contributed by atoms with E-state index in [0.29, 0.717) is 12.8 Å². The molecule has 2 N–H and O–H groups in total. The van der Waals surface area contributed by atoms with Gasteiger partial charge >= 0.3 is 5.97 Å². The lowest BCUT2D eigenvalue weighted by molar-refractivity contribution is -0.159. The first-order valence-electron chi connectivity index (χ1n) is 8.46. The van der Waals surface area contributed by atoms with Gasteiger partial charge in [-0.05, 0) is 52.9 Å². The van der Waals surface area contributed by atoms with Crippen LogP contribution in [0.2, 0.25) is 0 Å². The van der Waals surface area contributed by atoms with Crippen molar-refractivity contribution in [2.75, 3.05) is 6.61 Å². The quantitative estimate of drug-likeness (QED) is 0.593. The fourth-order valence-corrected chi connectivity index (χ4v) is 3.26. The zero-order valence-corrected chi connectivity index (χ0v) is 15.4. The summed E-state index contributed by atoms with van der Waals surface area (Å²) in [6, 6.07) is 0. The van der Waals surface area contributed by atoms with Crippen molar-refractivity contribution < 1.29 is 19.1 Å². The van der Waals surface area contributed by atoms with E-state index in [1.807, 2.05) is 20.8 Å². The van der Waals surface area contributed by atoms with E-state index in [1.54, 1.807) is 13.0 Å². The van der Waals surface area contributed by atoms with E-state index in [-0.39, 0.29) is 24.3 Å². The standard InChI is InChI=1S/C18H30N2O4/c1-7-13-9-10-14(15(22)24-8-2)18(11-13,19-12(3)21)16(23)20-17(4,5)6/h7,13-14H,1,8-11H2,2-6H3,(H,19,21)(H,20,23)/t13-,14+,18-/m1/s1. The van der Waals surface area contributed by atoms with Gasteiger partial charge in [0.15, 0.2) is 0 Å². The molecule has 1 rings (SSSR count). The second-order valence-electron chi connectivity index (χ2n) is 7.44. The fraction of sp³-hybridized carbons (Fsp3) is 0.722. The summed E-state index contributed by atoms with van der Waals surface area (Å²) in [6.45, 7) is 12.7. The smallest absolute Gasteiger partial charge is 0.311 e. The Kier molecular flexibility index (Phi) is 6.58. The highest BCUT2D eigenvalue weighted by atomic mass is 16.5. The topological polar surface area (TPSA) is 84.5 Å². The fourth-order valence-electron chi connectivity index (χ4n) is 3.26. The van der Waals surface area contributed by atoms with Crippen molar-refractivity contribution in [3.8, 4) is 0 Å². The zero-order chi connectivity index (χ0) is 18.5. The van der Waals surface area contributed by atoms with Crippen molar-refractivity contribution >= 4 is 17.8 Å². The van der Waals surface area contributed by atoms with Crippen LogP contribution in [0.5, 0.6) is 0 Å². The van der Waals surface area contributed by atoms with Crippen LogP contribution in [0, 0.1) is 11.8 Å². The molecule has 1 aliphatic carbocycles. The van der Waals surface area contributed by atoms with Crippen LogP contribution < -0.4 is 10.6 Å². The molecule has 1 aliphatic rings. The van der Waals surface area contributed by atoms with Gasteiger partial charge in [0.05, 0.1) is 12.5 Å². The predicted octanol–water partition coefficient (Wildman–Crippen LogP) is 1.94. The Morgan fingerprint density at radius 1 is 1.29 bits per heavy atom. The average Bonchev–Trinajstić information content (AvgIpc) is 2.44. The van der Waals surface area contributed by atoms with Gasteiger partial charge < -0.3 is 15.4 Å². The highest BCUT2D eigenvalue weighted by molar-refractivity contribution is 5.96. The summed E-state index contributed by atoms with van der Waals surface area (Å²) < 4.78 is 5.17. The molecule has 1 saturated carbocycles. The van der Waals surface area contributed by atoms with E-state index in [1.165, 1.54) is 6.92 Å². The number of carbonyl (C=O) groups is 3. The van der Waals surface area contributed by atoms with Crippen LogP contribution >= 0.6 is 0 Å². The van der Waals surface area contributed by atoms with Gasteiger partial charge in [-0.25, -0.2) is 0 Å². The third-order valence-electron chi connectivity index (χ3n) is 4.20. The molecule has 0 unspecified atom stereocenters. The van der Waals surface area contributed by atoms with Gasteiger partial charge in [0, 0.05) is 12.5 Å². The van der Waals surface area contributed by atoms with E-state index >= 15 is 0 Å². The highest BCUT2D eigenvalue weighted by Gasteiger charge is 2.54. The van der Waals surface area contributed by atoms with Crippen molar-refractivity contribution in [3.63, 3.8) is 0 Å². The van der Waals surface area contributed by atoms with Crippen LogP contribution in [-0.4, -0.2) is 35.5 Å². The number of hydrogen-bond donors (Lipinski definition) is 2. The van der Waals surface area contributed by atoms with Gasteiger partial charge in [-0.15, -0.1) is 6.58 Å². The third-order valence-corrected chi connectivity index (χ3v) is 4.20. The Balaban J connectivity index is 3.32. The van der Waals surface area contributed by atoms with Gasteiger partial charge in [-0.1, -0.05) is 6.08 Å². The van der Waals surface area contributed by atoms with Crippen molar-refractivity contribution in [1.29, 1.82) is 0 Å². The molecule has 0 saturated heterocycles. The van der Waals surface area contributed by atoms with Crippen LogP contribution in [0.1, 0.15) is 53.9 Å². The highest BCUT2D eigenvalue weighted by Crippen LogP contribution is 2.39. The first-order chi connectivity index (χ1) is 11.1. The van der Waals surface area contributed by atoms with Gasteiger partial charge in [-0.3, -0.25) is 14.4 Å². The molecule has 0 aliphatic heterocycles. The molecule has 1 fully saturated rings. The zero-order valence-electron chi connectivity index (χ0n) is 15.4. The molecule has 6 nitrogen and oxygen atoms in total. The summed E-state index contributed by atoms with van der Waals surface area (Å²) in [4.78, 5) is 37.4. The summed E-state index contributed by atoms with van der Waals surface area (Å²) in [5.74, 6) is -1.81. The number of esters is 1. The summed E-state index contributed by atoms with van der Waals surface area (Å²) in [5, 5.41) is 5.68. The Bertz CT molecular complexity index is 510. The Hall–Kier alpha value is -1.85. The van der Waals surface area contributed by atoms with Crippen molar-refractivity contribution in [2.24, 2.45) is 11.8 Å². The molecule has 6 heteroatoms. The predicted molar refractivity (Wildman–Crippen MR) is 92.1 cm³/mol. The molecule has 0 bridgehead atoms. The Morgan fingerprint density at radius 3 is 2.38 bits per heavy atom. The largest absolute Gasteiger partial charge is 0.466 e. The minimum absolute atomic E-state index is 0.0493. The molecule has 0 spiro atoms. The molecule has 0 radical (unpaired) electrons. The van der Waals surface area contributed by atoms with E-state index < -0.39 is 23.0 Å². The third kappa shape index (κ3) is 4.82. The van der Waals surface area contributed by atoms with Crippen LogP contribution in [0.15, 0.2) is 12.7 Å². The molecule has 0 aromatic rings.